The summed E-state index contributed by atoms with van der Waals surface area (Å²) >= 11 is 4.31. The second-order valence-electron chi connectivity index (χ2n) is 6.77. The Hall–Kier alpha value is 0.01000. The Labute approximate surface area is 136 Å². The Morgan fingerprint density at radius 3 is 2.90 bits per heavy atom. The molecule has 0 aromatic carbocycles. The average Bonchev–Trinajstić information content (AvgIpc) is 2.49. The van der Waals surface area contributed by atoms with Gasteiger partial charge in [-0.1, -0.05) is 37.8 Å². The zero-order valence-corrected chi connectivity index (χ0v) is 14.7. The molecule has 0 amide bonds. The minimum Gasteiger partial charge on any atom is -0.350 e. The van der Waals surface area contributed by atoms with Gasteiger partial charge in [0, 0.05) is 12.3 Å². The van der Waals surface area contributed by atoms with Gasteiger partial charge in [0.2, 0.25) is 0 Å². The van der Waals surface area contributed by atoms with Gasteiger partial charge in [-0.2, -0.15) is 12.6 Å². The Balaban J connectivity index is 1.81. The molecule has 0 spiro atoms. The summed E-state index contributed by atoms with van der Waals surface area (Å²) in [5.41, 5.74) is 1.59. The Morgan fingerprint density at radius 2 is 2.14 bits per heavy atom. The van der Waals surface area contributed by atoms with E-state index >= 15 is 0 Å². The van der Waals surface area contributed by atoms with Crippen LogP contribution in [0.1, 0.15) is 71.6 Å². The Morgan fingerprint density at radius 1 is 1.29 bits per heavy atom. The predicted molar refractivity (Wildman–Crippen MR) is 91.9 cm³/mol. The topological polar surface area (TPSA) is 18.5 Å². The molecule has 1 fully saturated rings. The predicted octanol–water partition coefficient (Wildman–Crippen LogP) is 5.13. The van der Waals surface area contributed by atoms with E-state index in [4.69, 9.17) is 9.47 Å². The Bertz CT molecular complexity index is 342. The minimum atomic E-state index is -0.342. The van der Waals surface area contributed by atoms with Crippen LogP contribution in [-0.4, -0.2) is 24.3 Å². The van der Waals surface area contributed by atoms with Gasteiger partial charge in [-0.15, -0.1) is 0 Å². The van der Waals surface area contributed by atoms with Gasteiger partial charge in [0.05, 0.1) is 12.7 Å². The van der Waals surface area contributed by atoms with Crippen LogP contribution in [0.25, 0.3) is 0 Å². The van der Waals surface area contributed by atoms with E-state index in [9.17, 15) is 0 Å². The smallest absolute Gasteiger partial charge is 0.165 e. The quantitative estimate of drug-likeness (QED) is 0.380. The lowest BCUT2D eigenvalue weighted by molar-refractivity contribution is -0.301. The molecule has 2 aliphatic rings. The SMILES string of the molecule is CCCCCCC1(C)OCC2C=C(CCCS)CC[C@H]2O1. The van der Waals surface area contributed by atoms with Crippen molar-refractivity contribution in [2.24, 2.45) is 5.92 Å². The molecule has 0 radical (unpaired) electrons. The first-order chi connectivity index (χ1) is 10.2. The Kier molecular flexibility index (Phi) is 7.11. The third-order valence-electron chi connectivity index (χ3n) is 4.80. The number of thiol groups is 1. The maximum Gasteiger partial charge on any atom is 0.165 e. The van der Waals surface area contributed by atoms with Crippen LogP contribution in [0.4, 0.5) is 0 Å². The van der Waals surface area contributed by atoms with Gasteiger partial charge >= 0.3 is 0 Å². The van der Waals surface area contributed by atoms with Crippen LogP contribution < -0.4 is 0 Å². The highest BCUT2D eigenvalue weighted by Crippen LogP contribution is 2.37. The molecule has 0 aromatic rings. The monoisotopic (exact) mass is 312 g/mol. The first-order valence-electron chi connectivity index (χ1n) is 8.79. The largest absolute Gasteiger partial charge is 0.350 e. The molecule has 1 heterocycles. The molecule has 2 nitrogen and oxygen atoms in total. The number of ether oxygens (including phenoxy) is 2. The fourth-order valence-corrected chi connectivity index (χ4v) is 3.64. The zero-order valence-electron chi connectivity index (χ0n) is 13.8. The minimum absolute atomic E-state index is 0.342. The van der Waals surface area contributed by atoms with E-state index in [2.05, 4.69) is 32.6 Å². The normalized spacial score (nSPS) is 32.6. The van der Waals surface area contributed by atoms with Gasteiger partial charge in [-0.05, 0) is 44.8 Å². The lowest BCUT2D eigenvalue weighted by Crippen LogP contribution is -2.47. The first-order valence-corrected chi connectivity index (χ1v) is 9.42. The average molecular weight is 313 g/mol. The van der Waals surface area contributed by atoms with E-state index in [1.165, 1.54) is 44.9 Å². The van der Waals surface area contributed by atoms with Crippen molar-refractivity contribution in [3.05, 3.63) is 11.6 Å². The van der Waals surface area contributed by atoms with Crippen molar-refractivity contribution in [1.29, 1.82) is 0 Å². The zero-order chi connectivity index (χ0) is 15.1. The number of rotatable bonds is 8. The van der Waals surface area contributed by atoms with E-state index in [1.807, 2.05) is 0 Å². The number of allylic oxidation sites excluding steroid dienone is 1. The van der Waals surface area contributed by atoms with Gasteiger partial charge in [0.1, 0.15) is 0 Å². The van der Waals surface area contributed by atoms with E-state index in [0.717, 1.165) is 25.2 Å². The molecule has 0 aromatic heterocycles. The lowest BCUT2D eigenvalue weighted by atomic mass is 9.85. The van der Waals surface area contributed by atoms with Crippen LogP contribution in [0.5, 0.6) is 0 Å². The molecule has 1 aliphatic carbocycles. The highest BCUT2D eigenvalue weighted by molar-refractivity contribution is 7.80. The standard InChI is InChI=1S/C18H32O2S/c1-3-4-5-6-11-18(2)19-14-16-13-15(8-7-12-21)9-10-17(16)20-18/h13,16-17,21H,3-12,14H2,1-2H3/t16?,17-,18?/m1/s1. The summed E-state index contributed by atoms with van der Waals surface area (Å²) in [5.74, 6) is 1.11. The number of hydrogen-bond acceptors (Lipinski definition) is 3. The molecule has 21 heavy (non-hydrogen) atoms. The van der Waals surface area contributed by atoms with Crippen molar-refractivity contribution in [2.75, 3.05) is 12.4 Å². The number of unbranched alkanes of at least 4 members (excludes halogenated alkanes) is 3. The molecule has 1 aliphatic heterocycles. The van der Waals surface area contributed by atoms with Crippen LogP contribution >= 0.6 is 12.6 Å². The molecule has 122 valence electrons. The molecule has 2 unspecified atom stereocenters. The van der Waals surface area contributed by atoms with Gasteiger partial charge < -0.3 is 9.47 Å². The summed E-state index contributed by atoms with van der Waals surface area (Å²) in [7, 11) is 0. The maximum atomic E-state index is 6.33. The van der Waals surface area contributed by atoms with Crippen molar-refractivity contribution in [1.82, 2.24) is 0 Å². The maximum absolute atomic E-state index is 6.33. The highest BCUT2D eigenvalue weighted by Gasteiger charge is 2.39. The first kappa shape index (κ1) is 17.4. The van der Waals surface area contributed by atoms with E-state index in [0.29, 0.717) is 12.0 Å². The van der Waals surface area contributed by atoms with Gasteiger partial charge in [-0.25, -0.2) is 0 Å². The lowest BCUT2D eigenvalue weighted by Gasteiger charge is -2.44. The second-order valence-corrected chi connectivity index (χ2v) is 7.21. The van der Waals surface area contributed by atoms with Gasteiger partial charge in [0.15, 0.2) is 5.79 Å². The summed E-state index contributed by atoms with van der Waals surface area (Å²) in [6.07, 6.45) is 13.7. The molecular formula is C18H32O2S. The van der Waals surface area contributed by atoms with Crippen molar-refractivity contribution < 1.29 is 9.47 Å². The molecule has 2 rings (SSSR count). The van der Waals surface area contributed by atoms with Crippen molar-refractivity contribution in [3.8, 4) is 0 Å². The van der Waals surface area contributed by atoms with Crippen molar-refractivity contribution >= 4 is 12.6 Å². The second kappa shape index (κ2) is 8.59. The van der Waals surface area contributed by atoms with Crippen molar-refractivity contribution in [2.45, 2.75) is 83.5 Å². The van der Waals surface area contributed by atoms with Crippen molar-refractivity contribution in [3.63, 3.8) is 0 Å². The third kappa shape index (κ3) is 5.30. The molecule has 3 atom stereocenters. The van der Waals surface area contributed by atoms with Crippen LogP contribution in [0, 0.1) is 5.92 Å². The fourth-order valence-electron chi connectivity index (χ4n) is 3.48. The number of hydrogen-bond donors (Lipinski definition) is 1. The van der Waals surface area contributed by atoms with Gasteiger partial charge in [-0.3, -0.25) is 0 Å². The molecule has 1 saturated heterocycles. The summed E-state index contributed by atoms with van der Waals surface area (Å²) in [5, 5.41) is 0. The van der Waals surface area contributed by atoms with Crippen LogP contribution in [0.3, 0.4) is 0 Å². The summed E-state index contributed by atoms with van der Waals surface area (Å²) in [6.45, 7) is 5.22. The molecule has 0 N–H and O–H groups in total. The van der Waals surface area contributed by atoms with Crippen LogP contribution in [0.15, 0.2) is 11.6 Å². The van der Waals surface area contributed by atoms with E-state index in [1.54, 1.807) is 5.57 Å². The third-order valence-corrected chi connectivity index (χ3v) is 5.12. The molecular weight excluding hydrogens is 280 g/mol. The highest BCUT2D eigenvalue weighted by atomic mass is 32.1. The van der Waals surface area contributed by atoms with Gasteiger partial charge in [0.25, 0.3) is 0 Å². The van der Waals surface area contributed by atoms with E-state index < -0.39 is 0 Å². The van der Waals surface area contributed by atoms with E-state index in [-0.39, 0.29) is 5.79 Å². The molecule has 0 bridgehead atoms. The van der Waals surface area contributed by atoms with Crippen LogP contribution in [0.2, 0.25) is 0 Å². The van der Waals surface area contributed by atoms with Crippen LogP contribution in [-0.2, 0) is 9.47 Å². The molecule has 3 heteroatoms. The summed E-state index contributed by atoms with van der Waals surface area (Å²) in [6, 6.07) is 0. The summed E-state index contributed by atoms with van der Waals surface area (Å²) in [4.78, 5) is 0. The fraction of sp³-hybridized carbons (Fsp3) is 0.889. The molecule has 0 saturated carbocycles. The summed E-state index contributed by atoms with van der Waals surface area (Å²) < 4.78 is 12.4. The number of fused-ring (bicyclic) bond motifs is 1.